The van der Waals surface area contributed by atoms with Gasteiger partial charge in [-0.1, -0.05) is 32.6 Å². The largest absolute Gasteiger partial charge is 0.269 e. The van der Waals surface area contributed by atoms with Crippen LogP contribution in [0.1, 0.15) is 56.6 Å². The first-order valence-corrected chi connectivity index (χ1v) is 6.32. The van der Waals surface area contributed by atoms with Gasteiger partial charge in [0.15, 0.2) is 0 Å². The third-order valence-corrected chi connectivity index (χ3v) is 2.93. The van der Waals surface area contributed by atoms with Crippen LogP contribution in [0.2, 0.25) is 0 Å². The Morgan fingerprint density at radius 1 is 0.944 bits per heavy atom. The summed E-state index contributed by atoms with van der Waals surface area (Å²) in [6.07, 6.45) is 2.61. The van der Waals surface area contributed by atoms with Crippen LogP contribution in [0, 0.1) is 11.6 Å². The molecule has 0 heterocycles. The lowest BCUT2D eigenvalue weighted by molar-refractivity contribution is 0.141. The van der Waals surface area contributed by atoms with Crippen molar-refractivity contribution in [1.82, 2.24) is 0 Å². The van der Waals surface area contributed by atoms with E-state index in [2.05, 4.69) is 6.92 Å². The summed E-state index contributed by atoms with van der Waals surface area (Å²) in [4.78, 5) is 0. The maximum absolute atomic E-state index is 13.3. The molecule has 0 fully saturated rings. The summed E-state index contributed by atoms with van der Waals surface area (Å²) in [6, 6.07) is 2.04. The second-order valence-corrected chi connectivity index (χ2v) is 4.44. The van der Waals surface area contributed by atoms with Crippen LogP contribution in [-0.4, -0.2) is 0 Å². The lowest BCUT2D eigenvalue weighted by Crippen LogP contribution is -1.99. The van der Waals surface area contributed by atoms with Crippen molar-refractivity contribution in [1.29, 1.82) is 0 Å². The Labute approximate surface area is 105 Å². The van der Waals surface area contributed by atoms with Gasteiger partial charge >= 0.3 is 0 Å². The number of benzene rings is 1. The van der Waals surface area contributed by atoms with Crippen molar-refractivity contribution in [2.75, 3.05) is 0 Å². The van der Waals surface area contributed by atoms with Gasteiger partial charge in [0.2, 0.25) is 0 Å². The van der Waals surface area contributed by atoms with E-state index in [0.29, 0.717) is 12.0 Å². The average molecular weight is 262 g/mol. The van der Waals surface area contributed by atoms with Gasteiger partial charge in [-0.15, -0.1) is 0 Å². The number of hydrogen-bond acceptors (Lipinski definition) is 0. The Kier molecular flexibility index (Phi) is 6.16. The van der Waals surface area contributed by atoms with Crippen molar-refractivity contribution in [3.05, 3.63) is 34.9 Å². The summed E-state index contributed by atoms with van der Waals surface area (Å²) < 4.78 is 51.2. The smallest absolute Gasteiger partial charge is 0.206 e. The molecular weight excluding hydrogens is 244 g/mol. The fourth-order valence-corrected chi connectivity index (χ4v) is 1.92. The van der Waals surface area contributed by atoms with Crippen LogP contribution >= 0.6 is 0 Å². The molecule has 0 radical (unpaired) electrons. The fraction of sp³-hybridized carbons (Fsp3) is 0.571. The molecule has 0 aliphatic carbocycles. The molecule has 0 amide bonds. The molecule has 4 heteroatoms. The zero-order chi connectivity index (χ0) is 13.5. The second-order valence-electron chi connectivity index (χ2n) is 4.44. The van der Waals surface area contributed by atoms with E-state index in [-0.39, 0.29) is 0 Å². The molecule has 1 rings (SSSR count). The predicted octanol–water partition coefficient (Wildman–Crippen LogP) is 5.42. The summed E-state index contributed by atoms with van der Waals surface area (Å²) in [5.41, 5.74) is -0.671. The lowest BCUT2D eigenvalue weighted by atomic mass is 10.0. The number of aryl methyl sites for hydroxylation is 1. The van der Waals surface area contributed by atoms with Gasteiger partial charge in [-0.05, 0) is 30.5 Å². The first kappa shape index (κ1) is 15.0. The number of halogens is 4. The van der Waals surface area contributed by atoms with Crippen LogP contribution in [0.15, 0.2) is 12.1 Å². The van der Waals surface area contributed by atoms with E-state index in [1.165, 1.54) is 0 Å². The molecule has 102 valence electrons. The lowest BCUT2D eigenvalue weighted by Gasteiger charge is -2.07. The SMILES string of the molecule is CCCCCCCc1cc(F)c(C(F)F)c(F)c1. The highest BCUT2D eigenvalue weighted by molar-refractivity contribution is 5.27. The van der Waals surface area contributed by atoms with Crippen molar-refractivity contribution >= 4 is 0 Å². The van der Waals surface area contributed by atoms with Gasteiger partial charge in [-0.25, -0.2) is 17.6 Å². The van der Waals surface area contributed by atoms with Crippen LogP contribution in [0.5, 0.6) is 0 Å². The fourth-order valence-electron chi connectivity index (χ4n) is 1.92. The summed E-state index contributed by atoms with van der Waals surface area (Å²) in [5, 5.41) is 0. The monoisotopic (exact) mass is 262 g/mol. The molecule has 0 spiro atoms. The molecule has 0 atom stereocenters. The van der Waals surface area contributed by atoms with Crippen LogP contribution in [0.4, 0.5) is 17.6 Å². The standard InChI is InChI=1S/C14H18F4/c1-2-3-4-5-6-7-10-8-11(15)13(14(17)18)12(16)9-10/h8-9,14H,2-7H2,1H3. The number of rotatable bonds is 7. The number of unbranched alkanes of at least 4 members (excludes halogenated alkanes) is 4. The number of hydrogen-bond donors (Lipinski definition) is 0. The maximum atomic E-state index is 13.3. The van der Waals surface area contributed by atoms with E-state index in [1.807, 2.05) is 0 Å². The second kappa shape index (κ2) is 7.39. The molecule has 0 aliphatic heterocycles. The van der Waals surface area contributed by atoms with Gasteiger partial charge in [-0.3, -0.25) is 0 Å². The minimum atomic E-state index is -3.11. The minimum absolute atomic E-state index is 0.450. The Bertz CT molecular complexity index is 351. The topological polar surface area (TPSA) is 0 Å². The van der Waals surface area contributed by atoms with Gasteiger partial charge in [0, 0.05) is 0 Å². The highest BCUT2D eigenvalue weighted by atomic mass is 19.3. The summed E-state index contributed by atoms with van der Waals surface area (Å²) in [7, 11) is 0. The quantitative estimate of drug-likeness (QED) is 0.455. The average Bonchev–Trinajstić information content (AvgIpc) is 2.27. The summed E-state index contributed by atoms with van der Waals surface area (Å²) in [6.45, 7) is 2.10. The van der Waals surface area contributed by atoms with Crippen molar-refractivity contribution in [2.45, 2.75) is 51.9 Å². The van der Waals surface area contributed by atoms with Crippen LogP contribution < -0.4 is 0 Å². The zero-order valence-corrected chi connectivity index (χ0v) is 10.5. The van der Waals surface area contributed by atoms with Crippen LogP contribution in [-0.2, 0) is 6.42 Å². The molecule has 0 saturated carbocycles. The Balaban J connectivity index is 2.58. The first-order valence-electron chi connectivity index (χ1n) is 6.32. The van der Waals surface area contributed by atoms with Crippen LogP contribution in [0.25, 0.3) is 0 Å². The van der Waals surface area contributed by atoms with Crippen molar-refractivity contribution in [2.24, 2.45) is 0 Å². The molecular formula is C14H18F4. The van der Waals surface area contributed by atoms with Gasteiger partial charge in [0.1, 0.15) is 11.6 Å². The molecule has 1 aromatic carbocycles. The highest BCUT2D eigenvalue weighted by Crippen LogP contribution is 2.26. The molecule has 0 aromatic heterocycles. The first-order chi connectivity index (χ1) is 8.56. The highest BCUT2D eigenvalue weighted by Gasteiger charge is 2.19. The zero-order valence-electron chi connectivity index (χ0n) is 10.5. The van der Waals surface area contributed by atoms with E-state index in [9.17, 15) is 17.6 Å². The molecule has 0 N–H and O–H groups in total. The van der Waals surface area contributed by atoms with Crippen molar-refractivity contribution in [3.63, 3.8) is 0 Å². The molecule has 18 heavy (non-hydrogen) atoms. The molecule has 0 bridgehead atoms. The van der Waals surface area contributed by atoms with E-state index in [1.54, 1.807) is 0 Å². The van der Waals surface area contributed by atoms with Crippen molar-refractivity contribution in [3.8, 4) is 0 Å². The van der Waals surface area contributed by atoms with E-state index < -0.39 is 23.6 Å². The van der Waals surface area contributed by atoms with E-state index >= 15 is 0 Å². The summed E-state index contributed by atoms with van der Waals surface area (Å²) in [5.74, 6) is -2.29. The Morgan fingerprint density at radius 2 is 1.50 bits per heavy atom. The summed E-state index contributed by atoms with van der Waals surface area (Å²) >= 11 is 0. The molecule has 0 aliphatic rings. The van der Waals surface area contributed by atoms with Gasteiger partial charge in [0.05, 0.1) is 5.56 Å². The van der Waals surface area contributed by atoms with E-state index in [4.69, 9.17) is 0 Å². The number of alkyl halides is 2. The predicted molar refractivity (Wildman–Crippen MR) is 63.8 cm³/mol. The molecule has 0 unspecified atom stereocenters. The van der Waals surface area contributed by atoms with Gasteiger partial charge < -0.3 is 0 Å². The van der Waals surface area contributed by atoms with Crippen LogP contribution in [0.3, 0.4) is 0 Å². The van der Waals surface area contributed by atoms with E-state index in [0.717, 1.165) is 44.2 Å². The Morgan fingerprint density at radius 3 is 2.00 bits per heavy atom. The minimum Gasteiger partial charge on any atom is -0.206 e. The van der Waals surface area contributed by atoms with Crippen molar-refractivity contribution < 1.29 is 17.6 Å². The third-order valence-electron chi connectivity index (χ3n) is 2.93. The normalized spacial score (nSPS) is 11.2. The van der Waals surface area contributed by atoms with Gasteiger partial charge in [0.25, 0.3) is 6.43 Å². The molecule has 1 aromatic rings. The van der Waals surface area contributed by atoms with Gasteiger partial charge in [-0.2, -0.15) is 0 Å². The Hall–Kier alpha value is -1.06. The third kappa shape index (κ3) is 4.31. The molecule has 0 saturated heterocycles. The maximum Gasteiger partial charge on any atom is 0.269 e. The molecule has 0 nitrogen and oxygen atoms in total.